The van der Waals surface area contributed by atoms with Crippen LogP contribution < -0.4 is 5.32 Å². The summed E-state index contributed by atoms with van der Waals surface area (Å²) in [4.78, 5) is 11.9. The molecule has 1 aromatic rings. The van der Waals surface area contributed by atoms with Gasteiger partial charge in [-0.05, 0) is 65.7 Å². The van der Waals surface area contributed by atoms with Crippen LogP contribution in [0, 0.1) is 5.92 Å². The highest BCUT2D eigenvalue weighted by molar-refractivity contribution is 9.10. The van der Waals surface area contributed by atoms with Gasteiger partial charge in [0.1, 0.15) is 5.75 Å². The van der Waals surface area contributed by atoms with Crippen LogP contribution in [0.25, 0.3) is 0 Å². The molecule has 1 fully saturated rings. The van der Waals surface area contributed by atoms with Crippen molar-refractivity contribution in [2.75, 3.05) is 6.54 Å². The van der Waals surface area contributed by atoms with E-state index in [4.69, 9.17) is 0 Å². The zero-order valence-corrected chi connectivity index (χ0v) is 12.9. The molecule has 1 amide bonds. The molecule has 20 heavy (non-hydrogen) atoms. The van der Waals surface area contributed by atoms with Crippen molar-refractivity contribution in [2.24, 2.45) is 5.92 Å². The summed E-state index contributed by atoms with van der Waals surface area (Å²) < 4.78 is 0.573. The van der Waals surface area contributed by atoms with Crippen molar-refractivity contribution in [3.05, 3.63) is 28.2 Å². The average Bonchev–Trinajstić information content (AvgIpc) is 2.83. The molecular formula is C15H20BrNO3. The number of phenols is 1. The van der Waals surface area contributed by atoms with Crippen molar-refractivity contribution in [1.82, 2.24) is 5.32 Å². The molecule has 0 aliphatic heterocycles. The first-order valence-corrected chi connectivity index (χ1v) is 7.82. The zero-order valence-electron chi connectivity index (χ0n) is 11.3. The lowest BCUT2D eigenvalue weighted by molar-refractivity contribution is 0.0949. The third-order valence-corrected chi connectivity index (χ3v) is 4.54. The van der Waals surface area contributed by atoms with Gasteiger partial charge in [-0.15, -0.1) is 0 Å². The normalized spacial score (nSPS) is 21.9. The smallest absolute Gasteiger partial charge is 0.251 e. The van der Waals surface area contributed by atoms with Gasteiger partial charge in [0.25, 0.3) is 5.91 Å². The SMILES string of the molecule is O=C(NCCCC1CCCC1O)c1ccc(Br)c(O)c1. The number of hydrogen-bond donors (Lipinski definition) is 3. The predicted molar refractivity (Wildman–Crippen MR) is 80.7 cm³/mol. The highest BCUT2D eigenvalue weighted by atomic mass is 79.9. The van der Waals surface area contributed by atoms with Crippen molar-refractivity contribution in [3.63, 3.8) is 0 Å². The van der Waals surface area contributed by atoms with Gasteiger partial charge < -0.3 is 15.5 Å². The van der Waals surface area contributed by atoms with Crippen LogP contribution in [-0.4, -0.2) is 28.8 Å². The lowest BCUT2D eigenvalue weighted by Crippen LogP contribution is -2.25. The molecule has 1 aliphatic carbocycles. The molecule has 1 aromatic carbocycles. The molecule has 1 saturated carbocycles. The maximum atomic E-state index is 11.9. The standard InChI is InChI=1S/C15H20BrNO3/c16-12-7-6-11(9-14(12)19)15(20)17-8-2-4-10-3-1-5-13(10)18/h6-7,9-10,13,18-19H,1-5,8H2,(H,17,20). The predicted octanol–water partition coefficient (Wildman–Crippen LogP) is 2.83. The van der Waals surface area contributed by atoms with Crippen LogP contribution in [0.15, 0.2) is 22.7 Å². The lowest BCUT2D eigenvalue weighted by atomic mass is 10.00. The van der Waals surface area contributed by atoms with E-state index in [1.807, 2.05) is 0 Å². The van der Waals surface area contributed by atoms with E-state index in [1.165, 1.54) is 6.07 Å². The summed E-state index contributed by atoms with van der Waals surface area (Å²) in [6.45, 7) is 0.596. The second-order valence-corrected chi connectivity index (χ2v) is 6.18. The molecule has 3 N–H and O–H groups in total. The number of aliphatic hydroxyl groups excluding tert-OH is 1. The molecule has 4 nitrogen and oxygen atoms in total. The number of rotatable bonds is 5. The summed E-state index contributed by atoms with van der Waals surface area (Å²) in [6, 6.07) is 4.76. The van der Waals surface area contributed by atoms with Crippen LogP contribution in [-0.2, 0) is 0 Å². The fourth-order valence-corrected chi connectivity index (χ4v) is 2.92. The molecule has 2 rings (SSSR count). The maximum absolute atomic E-state index is 11.9. The number of amides is 1. The second kappa shape index (κ2) is 7.09. The van der Waals surface area contributed by atoms with Gasteiger partial charge in [0.15, 0.2) is 0 Å². The number of carbonyl (C=O) groups excluding carboxylic acids is 1. The monoisotopic (exact) mass is 341 g/mol. The van der Waals surface area contributed by atoms with Gasteiger partial charge in [0.05, 0.1) is 10.6 Å². The fraction of sp³-hybridized carbons (Fsp3) is 0.533. The molecule has 110 valence electrons. The Bertz CT molecular complexity index is 478. The van der Waals surface area contributed by atoms with Crippen molar-refractivity contribution >= 4 is 21.8 Å². The molecule has 0 saturated heterocycles. The minimum Gasteiger partial charge on any atom is -0.507 e. The van der Waals surface area contributed by atoms with Crippen molar-refractivity contribution < 1.29 is 15.0 Å². The molecule has 5 heteroatoms. The van der Waals surface area contributed by atoms with Gasteiger partial charge in [-0.2, -0.15) is 0 Å². The van der Waals surface area contributed by atoms with E-state index in [1.54, 1.807) is 12.1 Å². The molecule has 0 spiro atoms. The number of benzene rings is 1. The molecule has 2 atom stereocenters. The average molecular weight is 342 g/mol. The first-order chi connectivity index (χ1) is 9.58. The van der Waals surface area contributed by atoms with Crippen molar-refractivity contribution in [3.8, 4) is 5.75 Å². The number of hydrogen-bond acceptors (Lipinski definition) is 3. The van der Waals surface area contributed by atoms with E-state index >= 15 is 0 Å². The van der Waals surface area contributed by atoms with Crippen LogP contribution in [0.4, 0.5) is 0 Å². The molecule has 1 aliphatic rings. The first-order valence-electron chi connectivity index (χ1n) is 7.02. The van der Waals surface area contributed by atoms with Crippen LogP contribution in [0.5, 0.6) is 5.75 Å². The molecule has 0 radical (unpaired) electrons. The number of carbonyl (C=O) groups is 1. The summed E-state index contributed by atoms with van der Waals surface area (Å²) in [6.07, 6.45) is 4.78. The maximum Gasteiger partial charge on any atom is 0.251 e. The van der Waals surface area contributed by atoms with Gasteiger partial charge in [-0.3, -0.25) is 4.79 Å². The highest BCUT2D eigenvalue weighted by Crippen LogP contribution is 2.29. The Hall–Kier alpha value is -1.07. The van der Waals surface area contributed by atoms with Crippen LogP contribution in [0.3, 0.4) is 0 Å². The van der Waals surface area contributed by atoms with E-state index in [-0.39, 0.29) is 17.8 Å². The summed E-state index contributed by atoms with van der Waals surface area (Å²) in [5.74, 6) is 0.273. The van der Waals surface area contributed by atoms with Gasteiger partial charge >= 0.3 is 0 Å². The van der Waals surface area contributed by atoms with Crippen molar-refractivity contribution in [1.29, 1.82) is 0 Å². The Morgan fingerprint density at radius 2 is 2.20 bits per heavy atom. The minimum absolute atomic E-state index is 0.0618. The first kappa shape index (κ1) is 15.3. The van der Waals surface area contributed by atoms with Crippen LogP contribution in [0.1, 0.15) is 42.5 Å². The topological polar surface area (TPSA) is 69.6 Å². The summed E-state index contributed by atoms with van der Waals surface area (Å²) in [5.41, 5.74) is 0.451. The van der Waals surface area contributed by atoms with E-state index in [2.05, 4.69) is 21.2 Å². The Kier molecular flexibility index (Phi) is 5.43. The van der Waals surface area contributed by atoms with Gasteiger partial charge in [0.2, 0.25) is 0 Å². The van der Waals surface area contributed by atoms with Gasteiger partial charge in [0, 0.05) is 12.1 Å². The highest BCUT2D eigenvalue weighted by Gasteiger charge is 2.24. The van der Waals surface area contributed by atoms with E-state index in [9.17, 15) is 15.0 Å². The number of aromatic hydroxyl groups is 1. The summed E-state index contributed by atoms with van der Waals surface area (Å²) >= 11 is 3.18. The Morgan fingerprint density at radius 1 is 1.40 bits per heavy atom. The summed E-state index contributed by atoms with van der Waals surface area (Å²) in [5, 5.41) is 22.1. The third-order valence-electron chi connectivity index (χ3n) is 3.86. The number of aliphatic hydroxyl groups is 1. The third kappa shape index (κ3) is 3.96. The zero-order chi connectivity index (χ0) is 14.5. The van der Waals surface area contributed by atoms with Gasteiger partial charge in [-0.25, -0.2) is 0 Å². The Balaban J connectivity index is 1.73. The lowest BCUT2D eigenvalue weighted by Gasteiger charge is -2.14. The van der Waals surface area contributed by atoms with E-state index in [0.717, 1.165) is 32.1 Å². The summed E-state index contributed by atoms with van der Waals surface area (Å²) in [7, 11) is 0. The minimum atomic E-state index is -0.181. The molecule has 2 unspecified atom stereocenters. The fourth-order valence-electron chi connectivity index (χ4n) is 2.68. The molecule has 0 heterocycles. The Labute approximate surface area is 127 Å². The second-order valence-electron chi connectivity index (χ2n) is 5.32. The van der Waals surface area contributed by atoms with E-state index in [0.29, 0.717) is 22.5 Å². The largest absolute Gasteiger partial charge is 0.507 e. The number of halogens is 1. The quantitative estimate of drug-likeness (QED) is 0.721. The molecular weight excluding hydrogens is 322 g/mol. The van der Waals surface area contributed by atoms with Crippen molar-refractivity contribution in [2.45, 2.75) is 38.2 Å². The van der Waals surface area contributed by atoms with Crippen LogP contribution >= 0.6 is 15.9 Å². The Morgan fingerprint density at radius 3 is 2.85 bits per heavy atom. The molecule has 0 bridgehead atoms. The number of phenolic OH excluding ortho intramolecular Hbond substituents is 1. The number of nitrogens with one attached hydrogen (secondary N) is 1. The molecule has 0 aromatic heterocycles. The van der Waals surface area contributed by atoms with Gasteiger partial charge in [-0.1, -0.05) is 6.42 Å². The van der Waals surface area contributed by atoms with Crippen LogP contribution in [0.2, 0.25) is 0 Å². The van der Waals surface area contributed by atoms with E-state index < -0.39 is 0 Å².